The maximum absolute atomic E-state index is 12.6. The number of hydrogen-bond acceptors (Lipinski definition) is 3. The van der Waals surface area contributed by atoms with Gasteiger partial charge >= 0.3 is 0 Å². The second-order valence-corrected chi connectivity index (χ2v) is 9.42. The van der Waals surface area contributed by atoms with E-state index in [0.717, 1.165) is 32.1 Å². The minimum Gasteiger partial charge on any atom is -0.326 e. The maximum atomic E-state index is 12.6. The molecule has 0 aromatic rings. The molecule has 1 atom stereocenters. The molecule has 0 aromatic carbocycles. The highest BCUT2D eigenvalue weighted by atomic mass is 32.2. The molecule has 2 rings (SSSR count). The Morgan fingerprint density at radius 1 is 1.19 bits per heavy atom. The van der Waals surface area contributed by atoms with E-state index in [1.807, 2.05) is 0 Å². The average molecular weight is 317 g/mol. The van der Waals surface area contributed by atoms with Gasteiger partial charge in [-0.05, 0) is 37.0 Å². The smallest absolute Gasteiger partial charge is 0.215 e. The fraction of sp³-hybridized carbons (Fsp3) is 1.00. The van der Waals surface area contributed by atoms with Gasteiger partial charge in [-0.3, -0.25) is 0 Å². The SMILES string of the molecule is CCC1(C)CCN(S(=O)(=O)CC(N)C2CCCCC2)CC1. The third-order valence-corrected chi connectivity index (χ3v) is 7.79. The summed E-state index contributed by atoms with van der Waals surface area (Å²) in [6, 6.07) is -0.185. The Bertz CT molecular complexity index is 422. The van der Waals surface area contributed by atoms with Gasteiger partial charge in [0.25, 0.3) is 0 Å². The molecule has 2 N–H and O–H groups in total. The Balaban J connectivity index is 1.90. The predicted molar refractivity (Wildman–Crippen MR) is 87.5 cm³/mol. The molecule has 2 aliphatic rings. The fourth-order valence-electron chi connectivity index (χ4n) is 3.70. The van der Waals surface area contributed by atoms with Gasteiger partial charge in [0.1, 0.15) is 0 Å². The van der Waals surface area contributed by atoms with Crippen molar-refractivity contribution in [2.75, 3.05) is 18.8 Å². The van der Waals surface area contributed by atoms with E-state index < -0.39 is 10.0 Å². The van der Waals surface area contributed by atoms with E-state index in [1.54, 1.807) is 4.31 Å². The van der Waals surface area contributed by atoms with Gasteiger partial charge in [-0.1, -0.05) is 39.5 Å². The lowest BCUT2D eigenvalue weighted by atomic mass is 9.79. The molecule has 1 aliphatic carbocycles. The summed E-state index contributed by atoms with van der Waals surface area (Å²) in [5.74, 6) is 0.541. The van der Waals surface area contributed by atoms with Crippen LogP contribution < -0.4 is 5.73 Å². The van der Waals surface area contributed by atoms with Crippen molar-refractivity contribution in [3.63, 3.8) is 0 Å². The topological polar surface area (TPSA) is 63.4 Å². The first-order chi connectivity index (χ1) is 9.86. The summed E-state index contributed by atoms with van der Waals surface area (Å²) >= 11 is 0. The highest BCUT2D eigenvalue weighted by Gasteiger charge is 2.35. The Morgan fingerprint density at radius 2 is 1.76 bits per heavy atom. The van der Waals surface area contributed by atoms with Crippen molar-refractivity contribution in [3.05, 3.63) is 0 Å². The molecule has 4 nitrogen and oxygen atoms in total. The Kier molecular flexibility index (Phi) is 5.71. The molecule has 5 heteroatoms. The van der Waals surface area contributed by atoms with E-state index in [2.05, 4.69) is 13.8 Å². The van der Waals surface area contributed by atoms with Crippen molar-refractivity contribution >= 4 is 10.0 Å². The van der Waals surface area contributed by atoms with Gasteiger partial charge in [0.15, 0.2) is 0 Å². The normalized spacial score (nSPS) is 26.6. The Morgan fingerprint density at radius 3 is 2.29 bits per heavy atom. The zero-order valence-electron chi connectivity index (χ0n) is 13.7. The first kappa shape index (κ1) is 17.2. The summed E-state index contributed by atoms with van der Waals surface area (Å²) in [5.41, 5.74) is 6.53. The van der Waals surface area contributed by atoms with Crippen LogP contribution in [0, 0.1) is 11.3 Å². The van der Waals surface area contributed by atoms with Crippen molar-refractivity contribution in [1.82, 2.24) is 4.31 Å². The van der Waals surface area contributed by atoms with Gasteiger partial charge in [-0.2, -0.15) is 0 Å². The quantitative estimate of drug-likeness (QED) is 0.848. The predicted octanol–water partition coefficient (Wildman–Crippen LogP) is 2.74. The van der Waals surface area contributed by atoms with E-state index in [9.17, 15) is 8.42 Å². The number of nitrogens with zero attached hydrogens (tertiary/aromatic N) is 1. The first-order valence-electron chi connectivity index (χ1n) is 8.60. The summed E-state index contributed by atoms with van der Waals surface area (Å²) in [4.78, 5) is 0. The number of sulfonamides is 1. The van der Waals surface area contributed by atoms with E-state index in [1.165, 1.54) is 19.3 Å². The lowest BCUT2D eigenvalue weighted by molar-refractivity contribution is 0.168. The molecule has 1 heterocycles. The van der Waals surface area contributed by atoms with Crippen LogP contribution in [-0.2, 0) is 10.0 Å². The monoisotopic (exact) mass is 316 g/mol. The van der Waals surface area contributed by atoms with Crippen LogP contribution in [0.3, 0.4) is 0 Å². The minimum absolute atomic E-state index is 0.139. The van der Waals surface area contributed by atoms with Crippen LogP contribution in [-0.4, -0.2) is 37.6 Å². The second-order valence-electron chi connectivity index (χ2n) is 7.40. The van der Waals surface area contributed by atoms with Gasteiger partial charge < -0.3 is 5.73 Å². The Hall–Kier alpha value is -0.130. The summed E-state index contributed by atoms with van der Waals surface area (Å²) < 4.78 is 26.9. The molecular formula is C16H32N2O2S. The van der Waals surface area contributed by atoms with Crippen LogP contribution in [0.15, 0.2) is 0 Å². The van der Waals surface area contributed by atoms with Crippen LogP contribution in [0.1, 0.15) is 65.2 Å². The zero-order chi connectivity index (χ0) is 15.5. The molecule has 1 saturated carbocycles. The number of rotatable bonds is 5. The zero-order valence-corrected chi connectivity index (χ0v) is 14.5. The molecular weight excluding hydrogens is 284 g/mol. The van der Waals surface area contributed by atoms with Gasteiger partial charge in [0.2, 0.25) is 10.0 Å². The van der Waals surface area contributed by atoms with Crippen LogP contribution in [0.5, 0.6) is 0 Å². The van der Waals surface area contributed by atoms with Crippen molar-refractivity contribution in [2.24, 2.45) is 17.1 Å². The van der Waals surface area contributed by atoms with Gasteiger partial charge in [0.05, 0.1) is 5.75 Å². The van der Waals surface area contributed by atoms with Crippen molar-refractivity contribution in [3.8, 4) is 0 Å². The fourth-order valence-corrected chi connectivity index (χ4v) is 5.41. The molecule has 0 amide bonds. The first-order valence-corrected chi connectivity index (χ1v) is 10.2. The molecule has 124 valence electrons. The van der Waals surface area contributed by atoms with Gasteiger partial charge in [0, 0.05) is 19.1 Å². The second kappa shape index (κ2) is 6.97. The summed E-state index contributed by atoms with van der Waals surface area (Å²) in [6.45, 7) is 5.81. The molecule has 0 radical (unpaired) electrons. The standard InChI is InChI=1S/C16H32N2O2S/c1-3-16(2)9-11-18(12-10-16)21(19,20)13-15(17)14-7-5-4-6-8-14/h14-15H,3-13,17H2,1-2H3. The molecule has 1 unspecified atom stereocenters. The van der Waals surface area contributed by atoms with Crippen LogP contribution in [0.2, 0.25) is 0 Å². The molecule has 0 bridgehead atoms. The van der Waals surface area contributed by atoms with E-state index >= 15 is 0 Å². The third kappa shape index (κ3) is 4.42. The average Bonchev–Trinajstić information content (AvgIpc) is 2.48. The van der Waals surface area contributed by atoms with E-state index in [-0.39, 0.29) is 11.8 Å². The number of hydrogen-bond donors (Lipinski definition) is 1. The van der Waals surface area contributed by atoms with Gasteiger partial charge in [-0.25, -0.2) is 12.7 Å². The largest absolute Gasteiger partial charge is 0.326 e. The lowest BCUT2D eigenvalue weighted by Gasteiger charge is -2.39. The number of piperidine rings is 1. The van der Waals surface area contributed by atoms with E-state index in [0.29, 0.717) is 24.4 Å². The molecule has 1 saturated heterocycles. The molecule has 0 aromatic heterocycles. The highest BCUT2D eigenvalue weighted by Crippen LogP contribution is 2.35. The maximum Gasteiger partial charge on any atom is 0.215 e. The lowest BCUT2D eigenvalue weighted by Crippen LogP contribution is -2.47. The number of nitrogens with two attached hydrogens (primary N) is 1. The third-order valence-electron chi connectivity index (χ3n) is 5.83. The van der Waals surface area contributed by atoms with Crippen LogP contribution in [0.4, 0.5) is 0 Å². The molecule has 2 fully saturated rings. The summed E-state index contributed by atoms with van der Waals surface area (Å²) in [7, 11) is -3.18. The minimum atomic E-state index is -3.18. The van der Waals surface area contributed by atoms with Gasteiger partial charge in [-0.15, -0.1) is 0 Å². The summed E-state index contributed by atoms with van der Waals surface area (Å²) in [6.07, 6.45) is 8.96. The van der Waals surface area contributed by atoms with Crippen LogP contribution >= 0.6 is 0 Å². The van der Waals surface area contributed by atoms with E-state index in [4.69, 9.17) is 5.73 Å². The molecule has 1 aliphatic heterocycles. The molecule has 21 heavy (non-hydrogen) atoms. The molecule has 0 spiro atoms. The van der Waals surface area contributed by atoms with Crippen molar-refractivity contribution < 1.29 is 8.42 Å². The van der Waals surface area contributed by atoms with Crippen molar-refractivity contribution in [2.45, 2.75) is 71.3 Å². The highest BCUT2D eigenvalue weighted by molar-refractivity contribution is 7.89. The summed E-state index contributed by atoms with van der Waals surface area (Å²) in [5, 5.41) is 0. The van der Waals surface area contributed by atoms with Crippen LogP contribution in [0.25, 0.3) is 0 Å². The Labute approximate surface area is 130 Å². The van der Waals surface area contributed by atoms with Crippen molar-refractivity contribution in [1.29, 1.82) is 0 Å².